The molecule has 1 aliphatic heterocycles. The van der Waals surface area contributed by atoms with Crippen molar-refractivity contribution in [1.82, 2.24) is 14.9 Å². The van der Waals surface area contributed by atoms with Gasteiger partial charge >= 0.3 is 0 Å². The quantitative estimate of drug-likeness (QED) is 0.909. The van der Waals surface area contributed by atoms with Crippen LogP contribution in [0.4, 0.5) is 5.82 Å². The van der Waals surface area contributed by atoms with Crippen molar-refractivity contribution in [2.24, 2.45) is 0 Å². The number of benzene rings is 1. The Kier molecular flexibility index (Phi) is 3.91. The maximum atomic E-state index is 12.5. The van der Waals surface area contributed by atoms with Crippen molar-refractivity contribution in [3.8, 4) is 5.75 Å². The minimum atomic E-state index is -0.125. The van der Waals surface area contributed by atoms with Gasteiger partial charge in [0, 0.05) is 38.6 Å². The van der Waals surface area contributed by atoms with Crippen LogP contribution in [0.15, 0.2) is 36.8 Å². The fourth-order valence-electron chi connectivity index (χ4n) is 2.58. The lowest BCUT2D eigenvalue weighted by Crippen LogP contribution is -2.49. The number of hydrogen-bond acceptors (Lipinski definition) is 5. The summed E-state index contributed by atoms with van der Waals surface area (Å²) in [5.41, 5.74) is 1.33. The van der Waals surface area contributed by atoms with Crippen molar-refractivity contribution >= 4 is 11.7 Å². The van der Waals surface area contributed by atoms with Crippen LogP contribution in [-0.2, 0) is 0 Å². The molecule has 0 unspecified atom stereocenters. The summed E-state index contributed by atoms with van der Waals surface area (Å²) < 4.78 is 0. The third kappa shape index (κ3) is 2.86. The predicted octanol–water partition coefficient (Wildman–Crippen LogP) is 1.45. The van der Waals surface area contributed by atoms with Crippen molar-refractivity contribution in [3.63, 3.8) is 0 Å². The topological polar surface area (TPSA) is 69.6 Å². The highest BCUT2D eigenvalue weighted by Gasteiger charge is 2.24. The van der Waals surface area contributed by atoms with E-state index in [1.54, 1.807) is 41.7 Å². The number of piperazine rings is 1. The zero-order chi connectivity index (χ0) is 15.5. The van der Waals surface area contributed by atoms with Crippen molar-refractivity contribution in [3.05, 3.63) is 47.9 Å². The molecule has 0 aliphatic carbocycles. The number of aryl methyl sites for hydroxylation is 1. The van der Waals surface area contributed by atoms with Gasteiger partial charge in [-0.15, -0.1) is 0 Å². The van der Waals surface area contributed by atoms with Crippen molar-refractivity contribution in [1.29, 1.82) is 0 Å². The fraction of sp³-hybridized carbons (Fsp3) is 0.312. The molecule has 0 radical (unpaired) electrons. The van der Waals surface area contributed by atoms with E-state index in [0.29, 0.717) is 31.7 Å². The number of nitrogens with zero attached hydrogens (tertiary/aromatic N) is 4. The average molecular weight is 298 g/mol. The first-order valence-electron chi connectivity index (χ1n) is 7.25. The van der Waals surface area contributed by atoms with Crippen LogP contribution in [0.2, 0.25) is 0 Å². The SMILES string of the molecule is Cc1ccc(O)c(C(=O)N2CCN(c3cnccn3)CC2)c1. The molecule has 1 fully saturated rings. The lowest BCUT2D eigenvalue weighted by molar-refractivity contribution is 0.0743. The van der Waals surface area contributed by atoms with Gasteiger partial charge in [-0.25, -0.2) is 4.98 Å². The number of anilines is 1. The molecule has 6 nitrogen and oxygen atoms in total. The van der Waals surface area contributed by atoms with Crippen molar-refractivity contribution in [2.75, 3.05) is 31.1 Å². The smallest absolute Gasteiger partial charge is 0.257 e. The average Bonchev–Trinajstić information content (AvgIpc) is 2.57. The monoisotopic (exact) mass is 298 g/mol. The first-order valence-corrected chi connectivity index (χ1v) is 7.25. The molecular formula is C16H18N4O2. The molecule has 0 saturated carbocycles. The van der Waals surface area contributed by atoms with Gasteiger partial charge in [-0.1, -0.05) is 11.6 Å². The molecule has 1 saturated heterocycles. The molecule has 3 rings (SSSR count). The van der Waals surface area contributed by atoms with Crippen molar-refractivity contribution < 1.29 is 9.90 Å². The van der Waals surface area contributed by atoms with E-state index in [1.807, 2.05) is 6.92 Å². The molecule has 1 aromatic carbocycles. The summed E-state index contributed by atoms with van der Waals surface area (Å²) in [6.45, 7) is 4.52. The summed E-state index contributed by atoms with van der Waals surface area (Å²) in [5, 5.41) is 9.89. The zero-order valence-electron chi connectivity index (χ0n) is 12.4. The summed E-state index contributed by atoms with van der Waals surface area (Å²) in [5.74, 6) is 0.736. The van der Waals surface area contributed by atoms with E-state index in [0.717, 1.165) is 11.4 Å². The van der Waals surface area contributed by atoms with E-state index in [4.69, 9.17) is 0 Å². The van der Waals surface area contributed by atoms with Gasteiger partial charge in [0.25, 0.3) is 5.91 Å². The molecule has 1 amide bonds. The van der Waals surface area contributed by atoms with Crippen LogP contribution in [0.3, 0.4) is 0 Å². The maximum Gasteiger partial charge on any atom is 0.257 e. The van der Waals surface area contributed by atoms with Gasteiger partial charge in [0.2, 0.25) is 0 Å². The minimum Gasteiger partial charge on any atom is -0.507 e. The fourth-order valence-corrected chi connectivity index (χ4v) is 2.58. The molecule has 0 atom stereocenters. The first kappa shape index (κ1) is 14.3. The number of amides is 1. The van der Waals surface area contributed by atoms with Gasteiger partial charge in [-0.05, 0) is 19.1 Å². The van der Waals surface area contributed by atoms with Gasteiger partial charge in [0.1, 0.15) is 11.6 Å². The van der Waals surface area contributed by atoms with Crippen LogP contribution in [0.1, 0.15) is 15.9 Å². The Hall–Kier alpha value is -2.63. The Morgan fingerprint density at radius 2 is 1.95 bits per heavy atom. The summed E-state index contributed by atoms with van der Waals surface area (Å²) >= 11 is 0. The Balaban J connectivity index is 1.68. The second-order valence-corrected chi connectivity index (χ2v) is 5.36. The number of hydrogen-bond donors (Lipinski definition) is 1. The number of aromatic nitrogens is 2. The molecule has 0 spiro atoms. The van der Waals surface area contributed by atoms with E-state index in [2.05, 4.69) is 14.9 Å². The number of aromatic hydroxyl groups is 1. The van der Waals surface area contributed by atoms with Gasteiger partial charge in [0.15, 0.2) is 0 Å². The number of carbonyl (C=O) groups excluding carboxylic acids is 1. The Morgan fingerprint density at radius 1 is 1.18 bits per heavy atom. The van der Waals surface area contributed by atoms with Crippen LogP contribution in [0.5, 0.6) is 5.75 Å². The molecule has 22 heavy (non-hydrogen) atoms. The van der Waals surface area contributed by atoms with E-state index < -0.39 is 0 Å². The molecule has 6 heteroatoms. The van der Waals surface area contributed by atoms with E-state index in [1.165, 1.54) is 0 Å². The van der Waals surface area contributed by atoms with Crippen molar-refractivity contribution in [2.45, 2.75) is 6.92 Å². The standard InChI is InChI=1S/C16H18N4O2/c1-12-2-3-14(21)13(10-12)16(22)20-8-6-19(7-9-20)15-11-17-4-5-18-15/h2-5,10-11,21H,6-9H2,1H3. The maximum absolute atomic E-state index is 12.5. The molecule has 0 bridgehead atoms. The molecule has 1 N–H and O–H groups in total. The van der Waals surface area contributed by atoms with Crippen LogP contribution in [-0.4, -0.2) is 52.1 Å². The summed E-state index contributed by atoms with van der Waals surface area (Å²) in [6, 6.07) is 5.09. The normalized spacial score (nSPS) is 15.0. The zero-order valence-corrected chi connectivity index (χ0v) is 12.4. The summed E-state index contributed by atoms with van der Waals surface area (Å²) in [4.78, 5) is 24.7. The molecule has 2 heterocycles. The van der Waals surface area contributed by atoms with Gasteiger partial charge in [0.05, 0.1) is 11.8 Å². The van der Waals surface area contributed by atoms with Crippen LogP contribution < -0.4 is 4.90 Å². The Labute approximate surface area is 129 Å². The minimum absolute atomic E-state index is 0.0342. The second kappa shape index (κ2) is 6.01. The highest BCUT2D eigenvalue weighted by Crippen LogP contribution is 2.21. The van der Waals surface area contributed by atoms with Crippen LogP contribution >= 0.6 is 0 Å². The second-order valence-electron chi connectivity index (χ2n) is 5.36. The number of phenolic OH excluding ortho intramolecular Hbond substituents is 1. The van der Waals surface area contributed by atoms with Crippen LogP contribution in [0, 0.1) is 6.92 Å². The predicted molar refractivity (Wildman–Crippen MR) is 83.0 cm³/mol. The summed E-state index contributed by atoms with van der Waals surface area (Å²) in [6.07, 6.45) is 5.03. The van der Waals surface area contributed by atoms with E-state index >= 15 is 0 Å². The van der Waals surface area contributed by atoms with E-state index in [-0.39, 0.29) is 11.7 Å². The number of carbonyl (C=O) groups is 1. The number of rotatable bonds is 2. The summed E-state index contributed by atoms with van der Waals surface area (Å²) in [7, 11) is 0. The largest absolute Gasteiger partial charge is 0.507 e. The lowest BCUT2D eigenvalue weighted by Gasteiger charge is -2.35. The van der Waals surface area contributed by atoms with Gasteiger partial charge < -0.3 is 14.9 Å². The Morgan fingerprint density at radius 3 is 2.64 bits per heavy atom. The molecule has 114 valence electrons. The molecule has 2 aromatic rings. The highest BCUT2D eigenvalue weighted by atomic mass is 16.3. The van der Waals surface area contributed by atoms with Gasteiger partial charge in [-0.2, -0.15) is 0 Å². The lowest BCUT2D eigenvalue weighted by atomic mass is 10.1. The first-order chi connectivity index (χ1) is 10.6. The highest BCUT2D eigenvalue weighted by molar-refractivity contribution is 5.97. The van der Waals surface area contributed by atoms with Gasteiger partial charge in [-0.3, -0.25) is 9.78 Å². The third-order valence-electron chi connectivity index (χ3n) is 3.82. The van der Waals surface area contributed by atoms with Crippen LogP contribution in [0.25, 0.3) is 0 Å². The molecule has 1 aliphatic rings. The third-order valence-corrected chi connectivity index (χ3v) is 3.82. The molecular weight excluding hydrogens is 280 g/mol. The molecule has 1 aromatic heterocycles. The Bertz CT molecular complexity index is 667. The van der Waals surface area contributed by atoms with E-state index in [9.17, 15) is 9.90 Å². The number of phenols is 1.